The van der Waals surface area contributed by atoms with Gasteiger partial charge in [0.05, 0.1) is 0 Å². The van der Waals surface area contributed by atoms with Crippen molar-refractivity contribution in [3.05, 3.63) is 12.2 Å². The third-order valence-corrected chi connectivity index (χ3v) is 2.18. The van der Waals surface area contributed by atoms with E-state index in [-0.39, 0.29) is 17.8 Å². The zero-order valence-corrected chi connectivity index (χ0v) is 10.1. The number of allylic oxidation sites excluding steroid dienone is 1. The third kappa shape index (κ3) is 4.04. The normalized spacial score (nSPS) is 25.4. The highest BCUT2D eigenvalue weighted by atomic mass is 16.7. The van der Waals surface area contributed by atoms with Gasteiger partial charge in [0.2, 0.25) is 0 Å². The van der Waals surface area contributed by atoms with Crippen molar-refractivity contribution in [2.45, 2.75) is 45.8 Å². The Morgan fingerprint density at radius 3 is 2.56 bits per heavy atom. The van der Waals surface area contributed by atoms with Crippen molar-refractivity contribution in [2.24, 2.45) is 5.92 Å². The molecule has 0 heterocycles. The van der Waals surface area contributed by atoms with Crippen LogP contribution in [0.4, 0.5) is 4.79 Å². The number of carbonyl (C=O) groups is 2. The van der Waals surface area contributed by atoms with Crippen molar-refractivity contribution in [3.63, 3.8) is 0 Å². The number of carbonyl (C=O) groups excluding carboxylic acids is 2. The van der Waals surface area contributed by atoms with Crippen LogP contribution in [0, 0.1) is 5.92 Å². The summed E-state index contributed by atoms with van der Waals surface area (Å²) in [4.78, 5) is 22.5. The molecule has 0 saturated heterocycles. The lowest BCUT2D eigenvalue weighted by Crippen LogP contribution is -2.30. The average molecular weight is 226 g/mol. The molecule has 4 nitrogen and oxygen atoms in total. The maximum absolute atomic E-state index is 11.4. The molecule has 0 aromatic carbocycles. The second-order valence-electron chi connectivity index (χ2n) is 5.02. The lowest BCUT2D eigenvalue weighted by atomic mass is 9.93. The molecule has 4 heteroatoms. The van der Waals surface area contributed by atoms with Gasteiger partial charge in [-0.2, -0.15) is 0 Å². The minimum atomic E-state index is -0.691. The molecule has 0 aromatic rings. The Morgan fingerprint density at radius 1 is 1.44 bits per heavy atom. The smallest absolute Gasteiger partial charge is 0.429 e. The van der Waals surface area contributed by atoms with Gasteiger partial charge >= 0.3 is 6.16 Å². The lowest BCUT2D eigenvalue weighted by molar-refractivity contribution is -0.119. The lowest BCUT2D eigenvalue weighted by Gasteiger charge is -2.24. The van der Waals surface area contributed by atoms with E-state index in [0.29, 0.717) is 6.42 Å². The van der Waals surface area contributed by atoms with Crippen LogP contribution in [0.5, 0.6) is 0 Å². The molecule has 0 saturated carbocycles. The molecule has 0 fully saturated rings. The number of ether oxygens (including phenoxy) is 2. The molecule has 0 bridgehead atoms. The Balaban J connectivity index is 2.47. The van der Waals surface area contributed by atoms with Crippen molar-refractivity contribution in [1.29, 1.82) is 0 Å². The third-order valence-electron chi connectivity index (χ3n) is 2.18. The summed E-state index contributed by atoms with van der Waals surface area (Å²) in [5.41, 5.74) is -0.559. The molecular formula is C12H18O4. The van der Waals surface area contributed by atoms with Gasteiger partial charge in [-0.3, -0.25) is 4.79 Å². The van der Waals surface area contributed by atoms with Crippen molar-refractivity contribution < 1.29 is 19.1 Å². The molecule has 0 aliphatic heterocycles. The van der Waals surface area contributed by atoms with Gasteiger partial charge in [0, 0.05) is 5.92 Å². The number of ketones is 1. The van der Waals surface area contributed by atoms with Gasteiger partial charge < -0.3 is 9.47 Å². The standard InChI is InChI=1S/C12H18O4/c1-8-7-9(5-6-10(8)13)15-11(14)16-12(2,3)4/h5-6,8-9H,7H2,1-4H3/t8-,9+/m0/s1. The van der Waals surface area contributed by atoms with E-state index in [2.05, 4.69) is 0 Å². The van der Waals surface area contributed by atoms with E-state index in [1.807, 2.05) is 6.92 Å². The summed E-state index contributed by atoms with van der Waals surface area (Å²) in [6, 6.07) is 0. The van der Waals surface area contributed by atoms with Crippen LogP contribution >= 0.6 is 0 Å². The molecule has 1 rings (SSSR count). The second-order valence-corrected chi connectivity index (χ2v) is 5.02. The maximum atomic E-state index is 11.4. The van der Waals surface area contributed by atoms with Crippen LogP contribution in [-0.4, -0.2) is 23.6 Å². The highest BCUT2D eigenvalue weighted by molar-refractivity contribution is 5.92. The van der Waals surface area contributed by atoms with Crippen LogP contribution in [0.2, 0.25) is 0 Å². The molecule has 90 valence electrons. The van der Waals surface area contributed by atoms with Crippen LogP contribution < -0.4 is 0 Å². The molecule has 16 heavy (non-hydrogen) atoms. The number of hydrogen-bond donors (Lipinski definition) is 0. The molecule has 0 aromatic heterocycles. The first kappa shape index (κ1) is 12.7. The van der Waals surface area contributed by atoms with E-state index in [9.17, 15) is 9.59 Å². The van der Waals surface area contributed by atoms with E-state index < -0.39 is 11.8 Å². The fourth-order valence-electron chi connectivity index (χ4n) is 1.39. The minimum Gasteiger partial charge on any atom is -0.429 e. The van der Waals surface area contributed by atoms with Gasteiger partial charge in [0.1, 0.15) is 11.7 Å². The zero-order valence-electron chi connectivity index (χ0n) is 10.1. The molecule has 0 amide bonds. The Morgan fingerprint density at radius 2 is 2.06 bits per heavy atom. The van der Waals surface area contributed by atoms with Crippen LogP contribution in [0.1, 0.15) is 34.1 Å². The van der Waals surface area contributed by atoms with Gasteiger partial charge in [-0.05, 0) is 39.3 Å². The zero-order chi connectivity index (χ0) is 12.3. The Hall–Kier alpha value is -1.32. The van der Waals surface area contributed by atoms with Crippen molar-refractivity contribution in [1.82, 2.24) is 0 Å². The summed E-state index contributed by atoms with van der Waals surface area (Å²) in [6.45, 7) is 7.14. The van der Waals surface area contributed by atoms with E-state index >= 15 is 0 Å². The van der Waals surface area contributed by atoms with Gasteiger partial charge in [0.15, 0.2) is 5.78 Å². The first-order valence-corrected chi connectivity index (χ1v) is 5.39. The SMILES string of the molecule is C[C@H]1C[C@H](OC(=O)OC(C)(C)C)C=CC1=O. The molecule has 0 unspecified atom stereocenters. The molecular weight excluding hydrogens is 208 g/mol. The quantitative estimate of drug-likeness (QED) is 0.644. The van der Waals surface area contributed by atoms with Crippen molar-refractivity contribution in [3.8, 4) is 0 Å². The second kappa shape index (κ2) is 4.68. The van der Waals surface area contributed by atoms with Crippen LogP contribution in [0.3, 0.4) is 0 Å². The molecule has 1 aliphatic rings. The van der Waals surface area contributed by atoms with E-state index in [1.54, 1.807) is 26.8 Å². The summed E-state index contributed by atoms with van der Waals surface area (Å²) in [5, 5.41) is 0. The highest BCUT2D eigenvalue weighted by Gasteiger charge is 2.25. The largest absolute Gasteiger partial charge is 0.509 e. The summed E-state index contributed by atoms with van der Waals surface area (Å²) in [5.74, 6) is -0.0264. The fourth-order valence-corrected chi connectivity index (χ4v) is 1.39. The van der Waals surface area contributed by atoms with Crippen LogP contribution in [-0.2, 0) is 14.3 Å². The monoisotopic (exact) mass is 226 g/mol. The van der Waals surface area contributed by atoms with Gasteiger partial charge in [-0.1, -0.05) is 6.92 Å². The first-order valence-electron chi connectivity index (χ1n) is 5.39. The van der Waals surface area contributed by atoms with E-state index in [4.69, 9.17) is 9.47 Å². The van der Waals surface area contributed by atoms with Gasteiger partial charge in [0.25, 0.3) is 0 Å². The van der Waals surface area contributed by atoms with Gasteiger partial charge in [-0.15, -0.1) is 0 Å². The Kier molecular flexibility index (Phi) is 3.73. The van der Waals surface area contributed by atoms with Crippen LogP contribution in [0.25, 0.3) is 0 Å². The van der Waals surface area contributed by atoms with E-state index in [1.165, 1.54) is 6.08 Å². The molecule has 0 radical (unpaired) electrons. The number of rotatable bonds is 1. The fraction of sp³-hybridized carbons (Fsp3) is 0.667. The summed E-state index contributed by atoms with van der Waals surface area (Å²) >= 11 is 0. The summed E-state index contributed by atoms with van der Waals surface area (Å²) in [7, 11) is 0. The predicted octanol–water partition coefficient (Wildman–Crippen LogP) is 2.47. The number of hydrogen-bond acceptors (Lipinski definition) is 4. The molecule has 2 atom stereocenters. The topological polar surface area (TPSA) is 52.6 Å². The summed E-state index contributed by atoms with van der Waals surface area (Å²) in [6.07, 6.45) is 2.54. The van der Waals surface area contributed by atoms with Crippen molar-refractivity contribution in [2.75, 3.05) is 0 Å². The Bertz CT molecular complexity index is 311. The molecule has 0 spiro atoms. The first-order chi connectivity index (χ1) is 7.28. The molecule has 0 N–H and O–H groups in total. The van der Waals surface area contributed by atoms with Crippen molar-refractivity contribution >= 4 is 11.9 Å². The minimum absolute atomic E-state index is 0.0732. The van der Waals surface area contributed by atoms with Gasteiger partial charge in [-0.25, -0.2) is 4.79 Å². The average Bonchev–Trinajstić information content (AvgIpc) is 2.08. The predicted molar refractivity (Wildman–Crippen MR) is 59.0 cm³/mol. The maximum Gasteiger partial charge on any atom is 0.509 e. The summed E-state index contributed by atoms with van der Waals surface area (Å²) < 4.78 is 10.1. The van der Waals surface area contributed by atoms with E-state index in [0.717, 1.165) is 0 Å². The Labute approximate surface area is 95.6 Å². The highest BCUT2D eigenvalue weighted by Crippen LogP contribution is 2.19. The molecule has 1 aliphatic carbocycles. The van der Waals surface area contributed by atoms with Crippen LogP contribution in [0.15, 0.2) is 12.2 Å².